The summed E-state index contributed by atoms with van der Waals surface area (Å²) in [4.78, 5) is 15.4. The van der Waals surface area contributed by atoms with E-state index in [9.17, 15) is 0 Å². The van der Waals surface area contributed by atoms with Gasteiger partial charge in [0.25, 0.3) is 0 Å². The topological polar surface area (TPSA) is 142 Å². The van der Waals surface area contributed by atoms with E-state index in [1.54, 1.807) is 6.07 Å². The molecular formula is C14H25ClN8. The van der Waals surface area contributed by atoms with Crippen LogP contribution in [-0.2, 0) is 0 Å². The standard InChI is InChI=1S/C7H12N4.C5H6ClN3.C2H7N/c1-3-9-6-4-5(2)10-7(8)11-6;1-3-2-4(6)9-5(7)8-3;1-2-3/h4H,3H2,1-2H3,(H3,8,9,10,11);2H,1H3,(H2,7,8,9);2-3H2,1H3. The van der Waals surface area contributed by atoms with Gasteiger partial charge in [0.15, 0.2) is 0 Å². The molecule has 0 aromatic carbocycles. The molecule has 0 bridgehead atoms. The van der Waals surface area contributed by atoms with E-state index in [1.165, 1.54) is 0 Å². The number of anilines is 3. The predicted octanol–water partition coefficient (Wildman–Crippen LogP) is 1.78. The number of nitrogens with two attached hydrogens (primary N) is 3. The first-order valence-corrected chi connectivity index (χ1v) is 7.51. The van der Waals surface area contributed by atoms with Gasteiger partial charge in [0.05, 0.1) is 0 Å². The molecule has 0 unspecified atom stereocenters. The maximum absolute atomic E-state index is 5.52. The van der Waals surface area contributed by atoms with Crippen LogP contribution in [0.5, 0.6) is 0 Å². The lowest BCUT2D eigenvalue weighted by molar-refractivity contribution is 1.09. The van der Waals surface area contributed by atoms with Gasteiger partial charge >= 0.3 is 0 Å². The average Bonchev–Trinajstić information content (AvgIpc) is 2.37. The van der Waals surface area contributed by atoms with Gasteiger partial charge in [-0.1, -0.05) is 18.5 Å². The Balaban J connectivity index is 0.000000365. The van der Waals surface area contributed by atoms with Crippen molar-refractivity contribution in [3.63, 3.8) is 0 Å². The van der Waals surface area contributed by atoms with E-state index in [-0.39, 0.29) is 5.95 Å². The zero-order valence-electron chi connectivity index (χ0n) is 14.0. The maximum atomic E-state index is 5.52. The Labute approximate surface area is 141 Å². The van der Waals surface area contributed by atoms with Gasteiger partial charge in [-0.05, 0) is 33.4 Å². The second-order valence-electron chi connectivity index (χ2n) is 4.38. The maximum Gasteiger partial charge on any atom is 0.222 e. The SMILES string of the molecule is CCN.CCNc1cc(C)nc(N)n1.Cc1cc(Cl)nc(N)n1. The van der Waals surface area contributed by atoms with Gasteiger partial charge in [0.1, 0.15) is 11.0 Å². The van der Waals surface area contributed by atoms with Crippen LogP contribution in [0.2, 0.25) is 5.15 Å². The van der Waals surface area contributed by atoms with Crippen molar-refractivity contribution in [2.24, 2.45) is 5.73 Å². The summed E-state index contributed by atoms with van der Waals surface area (Å²) in [6, 6.07) is 3.51. The summed E-state index contributed by atoms with van der Waals surface area (Å²) in [7, 11) is 0. The molecule has 0 atom stereocenters. The van der Waals surface area contributed by atoms with Crippen LogP contribution in [0.4, 0.5) is 17.7 Å². The van der Waals surface area contributed by atoms with Crippen molar-refractivity contribution in [2.75, 3.05) is 29.9 Å². The number of aromatic nitrogens is 4. The molecule has 7 N–H and O–H groups in total. The Bertz CT molecular complexity index is 520. The van der Waals surface area contributed by atoms with E-state index in [4.69, 9.17) is 28.8 Å². The van der Waals surface area contributed by atoms with Crippen molar-refractivity contribution in [3.05, 3.63) is 28.7 Å². The highest BCUT2D eigenvalue weighted by molar-refractivity contribution is 6.29. The molecule has 0 aliphatic heterocycles. The van der Waals surface area contributed by atoms with Crippen LogP contribution < -0.4 is 22.5 Å². The minimum atomic E-state index is 0.222. The lowest BCUT2D eigenvalue weighted by Gasteiger charge is -2.02. The number of nitrogens with one attached hydrogen (secondary N) is 1. The molecule has 128 valence electrons. The van der Waals surface area contributed by atoms with Crippen LogP contribution in [0.3, 0.4) is 0 Å². The van der Waals surface area contributed by atoms with E-state index in [0.717, 1.165) is 30.3 Å². The van der Waals surface area contributed by atoms with E-state index < -0.39 is 0 Å². The average molecular weight is 341 g/mol. The van der Waals surface area contributed by atoms with Gasteiger partial charge in [-0.2, -0.15) is 4.98 Å². The van der Waals surface area contributed by atoms with Gasteiger partial charge < -0.3 is 22.5 Å². The number of nitrogen functional groups attached to an aromatic ring is 2. The first-order chi connectivity index (χ1) is 10.8. The lowest BCUT2D eigenvalue weighted by atomic mass is 10.4. The normalized spacial score (nSPS) is 9.13. The third kappa shape index (κ3) is 10.2. The van der Waals surface area contributed by atoms with E-state index in [0.29, 0.717) is 11.1 Å². The van der Waals surface area contributed by atoms with Crippen LogP contribution in [0.1, 0.15) is 25.2 Å². The van der Waals surface area contributed by atoms with Crippen molar-refractivity contribution in [1.82, 2.24) is 19.9 Å². The summed E-state index contributed by atoms with van der Waals surface area (Å²) in [6.45, 7) is 9.20. The monoisotopic (exact) mass is 340 g/mol. The van der Waals surface area contributed by atoms with Crippen molar-refractivity contribution < 1.29 is 0 Å². The molecule has 2 heterocycles. The van der Waals surface area contributed by atoms with Gasteiger partial charge in [0, 0.05) is 24.0 Å². The van der Waals surface area contributed by atoms with Crippen LogP contribution in [-0.4, -0.2) is 33.0 Å². The number of aryl methyl sites for hydroxylation is 2. The summed E-state index contributed by atoms with van der Waals surface area (Å²) in [5, 5.41) is 3.45. The molecule has 0 saturated heterocycles. The van der Waals surface area contributed by atoms with Crippen LogP contribution >= 0.6 is 11.6 Å². The molecule has 23 heavy (non-hydrogen) atoms. The third-order valence-corrected chi connectivity index (χ3v) is 2.26. The first-order valence-electron chi connectivity index (χ1n) is 7.14. The number of nitrogens with zero attached hydrogens (tertiary/aromatic N) is 4. The van der Waals surface area contributed by atoms with E-state index >= 15 is 0 Å². The van der Waals surface area contributed by atoms with Crippen molar-refractivity contribution in [3.8, 4) is 0 Å². The van der Waals surface area contributed by atoms with Crippen molar-refractivity contribution >= 4 is 29.3 Å². The fourth-order valence-corrected chi connectivity index (χ4v) is 1.66. The van der Waals surface area contributed by atoms with Crippen molar-refractivity contribution in [2.45, 2.75) is 27.7 Å². The Morgan fingerprint density at radius 2 is 1.43 bits per heavy atom. The molecule has 2 aromatic rings. The fraction of sp³-hybridized carbons (Fsp3) is 0.429. The van der Waals surface area contributed by atoms with Crippen molar-refractivity contribution in [1.29, 1.82) is 0 Å². The quantitative estimate of drug-likeness (QED) is 0.606. The summed E-state index contributed by atoms with van der Waals surface area (Å²) in [5.74, 6) is 1.33. The van der Waals surface area contributed by atoms with Crippen LogP contribution in [0.25, 0.3) is 0 Å². The highest BCUT2D eigenvalue weighted by Crippen LogP contribution is 2.06. The highest BCUT2D eigenvalue weighted by Gasteiger charge is 1.95. The Kier molecular flexibility index (Phi) is 10.3. The Morgan fingerprint density at radius 3 is 1.83 bits per heavy atom. The highest BCUT2D eigenvalue weighted by atomic mass is 35.5. The number of rotatable bonds is 2. The largest absolute Gasteiger partial charge is 0.370 e. The van der Waals surface area contributed by atoms with Crippen LogP contribution in [0.15, 0.2) is 12.1 Å². The van der Waals surface area contributed by atoms with Crippen LogP contribution in [0, 0.1) is 13.8 Å². The Hall–Kier alpha value is -2.19. The summed E-state index contributed by atoms with van der Waals surface area (Å²) in [6.07, 6.45) is 0. The molecule has 0 aliphatic carbocycles. The molecule has 2 rings (SSSR count). The summed E-state index contributed by atoms with van der Waals surface area (Å²) >= 11 is 5.52. The molecule has 0 fully saturated rings. The van der Waals surface area contributed by atoms with E-state index in [2.05, 4.69) is 25.3 Å². The van der Waals surface area contributed by atoms with Gasteiger partial charge in [-0.3, -0.25) is 0 Å². The fourth-order valence-electron chi connectivity index (χ4n) is 1.42. The molecular weight excluding hydrogens is 316 g/mol. The molecule has 0 aliphatic rings. The molecule has 9 heteroatoms. The predicted molar refractivity (Wildman–Crippen MR) is 96.3 cm³/mol. The molecule has 0 amide bonds. The minimum absolute atomic E-state index is 0.222. The number of halogens is 1. The first kappa shape index (κ1) is 20.8. The molecule has 2 aromatic heterocycles. The Morgan fingerprint density at radius 1 is 0.957 bits per heavy atom. The molecule has 0 saturated carbocycles. The minimum Gasteiger partial charge on any atom is -0.370 e. The molecule has 8 nitrogen and oxygen atoms in total. The zero-order valence-corrected chi connectivity index (χ0v) is 14.7. The van der Waals surface area contributed by atoms with E-state index in [1.807, 2.05) is 33.8 Å². The third-order valence-electron chi connectivity index (χ3n) is 2.07. The summed E-state index contributed by atoms with van der Waals surface area (Å²) in [5.41, 5.74) is 17.2. The molecule has 0 spiro atoms. The second kappa shape index (κ2) is 11.4. The lowest BCUT2D eigenvalue weighted by Crippen LogP contribution is -2.03. The van der Waals surface area contributed by atoms with Gasteiger partial charge in [-0.15, -0.1) is 0 Å². The molecule has 0 radical (unpaired) electrons. The zero-order chi connectivity index (χ0) is 17.8. The van der Waals surface area contributed by atoms with Gasteiger partial charge in [-0.25, -0.2) is 15.0 Å². The summed E-state index contributed by atoms with van der Waals surface area (Å²) < 4.78 is 0. The number of hydrogen-bond acceptors (Lipinski definition) is 8. The second-order valence-corrected chi connectivity index (χ2v) is 4.77. The van der Waals surface area contributed by atoms with Gasteiger partial charge in [0.2, 0.25) is 11.9 Å². The smallest absolute Gasteiger partial charge is 0.222 e. The number of hydrogen-bond donors (Lipinski definition) is 4.